The molecule has 0 aliphatic heterocycles. The quantitative estimate of drug-likeness (QED) is 0.226. The Morgan fingerprint density at radius 3 is 0.806 bits per heavy atom. The number of hydrogen-bond donors (Lipinski definition) is 2. The number of nitrogens with zero attached hydrogens (tertiary/aromatic N) is 4. The van der Waals surface area contributed by atoms with Crippen molar-refractivity contribution >= 4 is 0 Å². The van der Waals surface area contributed by atoms with Crippen LogP contribution in [-0.4, -0.2) is 13.1 Å². The maximum absolute atomic E-state index is 5.60. The van der Waals surface area contributed by atoms with Gasteiger partial charge in [-0.15, -0.1) is 0 Å². The first-order chi connectivity index (χ1) is 17.7. The summed E-state index contributed by atoms with van der Waals surface area (Å²) in [4.78, 5) is 0. The summed E-state index contributed by atoms with van der Waals surface area (Å²) >= 11 is 0. The van der Waals surface area contributed by atoms with Crippen LogP contribution in [0.2, 0.25) is 0 Å². The lowest BCUT2D eigenvalue weighted by Crippen LogP contribution is -2.35. The second-order valence-corrected chi connectivity index (χ2v) is 9.29. The molecule has 0 unspecified atom stereocenters. The van der Waals surface area contributed by atoms with Crippen molar-refractivity contribution in [1.29, 1.82) is 0 Å². The van der Waals surface area contributed by atoms with Crippen molar-refractivity contribution in [3.63, 3.8) is 0 Å². The third-order valence-electron chi connectivity index (χ3n) is 6.55. The maximum Gasteiger partial charge on any atom is 0.169 e. The van der Waals surface area contributed by atoms with E-state index in [-0.39, 0.29) is 0 Å². The van der Waals surface area contributed by atoms with Crippen LogP contribution in [0.15, 0.2) is 98.1 Å². The van der Waals surface area contributed by atoms with E-state index >= 15 is 0 Å². The third kappa shape index (κ3) is 7.51. The summed E-state index contributed by atoms with van der Waals surface area (Å²) in [6, 6.07) is 17.5. The maximum atomic E-state index is 5.60. The summed E-state index contributed by atoms with van der Waals surface area (Å²) in [6.07, 6.45) is 21.6. The molecule has 0 bridgehead atoms. The standard InChI is InChI=1S/C30H40N6/c31-13-3-17-35-23-9-29(10-24-35)27-5-19-33(20-6-27)15-1-2-16-34-21-7-28(8-22-34)30-11-25-36(26-12-30)18-4-14-32/h5-12,19-26H,1-4,13-18,31-32H2/q+4. The molecule has 4 aromatic heterocycles. The lowest BCUT2D eigenvalue weighted by Gasteiger charge is -2.02. The SMILES string of the molecule is NCCC[n+]1ccc(-c2cc[n+](CCCC[n+]3ccc(-c4cc[n+](CCCN)cc4)cc3)cc2)cc1. The molecule has 0 aliphatic carbocycles. The molecule has 36 heavy (non-hydrogen) atoms. The van der Waals surface area contributed by atoms with E-state index in [0.717, 1.165) is 65.0 Å². The van der Waals surface area contributed by atoms with Crippen LogP contribution in [-0.2, 0) is 26.2 Å². The minimum atomic E-state index is 0.725. The summed E-state index contributed by atoms with van der Waals surface area (Å²) in [6.45, 7) is 5.45. The van der Waals surface area contributed by atoms with Crippen LogP contribution in [0.1, 0.15) is 25.7 Å². The van der Waals surface area contributed by atoms with Crippen molar-refractivity contribution in [3.8, 4) is 22.3 Å². The summed E-state index contributed by atoms with van der Waals surface area (Å²) in [5.74, 6) is 0. The fourth-order valence-electron chi connectivity index (χ4n) is 4.33. The molecule has 0 atom stereocenters. The van der Waals surface area contributed by atoms with Gasteiger partial charge in [0.2, 0.25) is 0 Å². The Hall–Kier alpha value is -3.48. The summed E-state index contributed by atoms with van der Waals surface area (Å²) in [5, 5.41) is 0. The minimum Gasteiger partial charge on any atom is -0.330 e. The summed E-state index contributed by atoms with van der Waals surface area (Å²) < 4.78 is 8.92. The van der Waals surface area contributed by atoms with Gasteiger partial charge < -0.3 is 11.5 Å². The van der Waals surface area contributed by atoms with Gasteiger partial charge in [-0.25, -0.2) is 18.3 Å². The molecule has 6 heteroatoms. The van der Waals surface area contributed by atoms with E-state index in [1.807, 2.05) is 0 Å². The normalized spacial score (nSPS) is 11.1. The Kier molecular flexibility index (Phi) is 9.65. The van der Waals surface area contributed by atoms with Crippen LogP contribution in [0.3, 0.4) is 0 Å². The molecule has 0 aliphatic rings. The van der Waals surface area contributed by atoms with Crippen LogP contribution in [0.4, 0.5) is 0 Å². The minimum absolute atomic E-state index is 0.725. The number of nitrogens with two attached hydrogens (primary N) is 2. The lowest BCUT2D eigenvalue weighted by atomic mass is 10.1. The Balaban J connectivity index is 1.21. The Morgan fingerprint density at radius 1 is 0.361 bits per heavy atom. The Bertz CT molecular complexity index is 1070. The van der Waals surface area contributed by atoms with E-state index in [1.165, 1.54) is 22.3 Å². The van der Waals surface area contributed by atoms with Crippen LogP contribution in [0.25, 0.3) is 22.3 Å². The highest BCUT2D eigenvalue weighted by Gasteiger charge is 2.08. The average molecular weight is 485 g/mol. The van der Waals surface area contributed by atoms with Gasteiger partial charge in [-0.2, -0.15) is 0 Å². The third-order valence-corrected chi connectivity index (χ3v) is 6.55. The Morgan fingerprint density at radius 2 is 0.583 bits per heavy atom. The van der Waals surface area contributed by atoms with E-state index in [4.69, 9.17) is 11.5 Å². The van der Waals surface area contributed by atoms with Crippen LogP contribution >= 0.6 is 0 Å². The molecule has 0 saturated heterocycles. The highest BCUT2D eigenvalue weighted by Crippen LogP contribution is 2.16. The molecular formula is C30H40N6+4. The van der Waals surface area contributed by atoms with Crippen molar-refractivity contribution < 1.29 is 18.3 Å². The average Bonchev–Trinajstić information content (AvgIpc) is 2.94. The number of hydrogen-bond acceptors (Lipinski definition) is 2. The second-order valence-electron chi connectivity index (χ2n) is 9.29. The van der Waals surface area contributed by atoms with Gasteiger partial charge in [-0.05, 0) is 35.3 Å². The molecule has 0 radical (unpaired) electrons. The topological polar surface area (TPSA) is 67.6 Å². The molecule has 4 rings (SSSR count). The zero-order valence-corrected chi connectivity index (χ0v) is 21.3. The smallest absolute Gasteiger partial charge is 0.169 e. The van der Waals surface area contributed by atoms with Gasteiger partial charge in [0.05, 0.1) is 0 Å². The first-order valence-corrected chi connectivity index (χ1v) is 13.1. The van der Waals surface area contributed by atoms with Crippen molar-refractivity contribution in [2.75, 3.05) is 13.1 Å². The number of aryl methyl sites for hydroxylation is 4. The largest absolute Gasteiger partial charge is 0.330 e. The molecular weight excluding hydrogens is 444 g/mol. The predicted octanol–water partition coefficient (Wildman–Crippen LogP) is 2.35. The van der Waals surface area contributed by atoms with Crippen molar-refractivity contribution in [2.24, 2.45) is 11.5 Å². The molecule has 0 spiro atoms. The summed E-state index contributed by atoms with van der Waals surface area (Å²) in [5.41, 5.74) is 16.2. The fraction of sp³-hybridized carbons (Fsp3) is 0.333. The first kappa shape index (κ1) is 25.6. The molecule has 0 saturated carbocycles. The van der Waals surface area contributed by atoms with E-state index in [9.17, 15) is 0 Å². The zero-order chi connectivity index (χ0) is 25.0. The molecule has 186 valence electrons. The molecule has 0 fully saturated rings. The molecule has 4 heterocycles. The van der Waals surface area contributed by atoms with Gasteiger partial charge in [-0.3, -0.25) is 0 Å². The van der Waals surface area contributed by atoms with Crippen LogP contribution in [0, 0.1) is 0 Å². The van der Waals surface area contributed by atoms with Gasteiger partial charge in [-0.1, -0.05) is 0 Å². The lowest BCUT2D eigenvalue weighted by molar-refractivity contribution is -0.708. The first-order valence-electron chi connectivity index (χ1n) is 13.1. The van der Waals surface area contributed by atoms with Crippen LogP contribution in [0.5, 0.6) is 0 Å². The summed E-state index contributed by atoms with van der Waals surface area (Å²) in [7, 11) is 0. The van der Waals surface area contributed by atoms with Gasteiger partial charge in [0.25, 0.3) is 0 Å². The van der Waals surface area contributed by atoms with Crippen LogP contribution < -0.4 is 29.7 Å². The zero-order valence-electron chi connectivity index (χ0n) is 21.3. The van der Waals surface area contributed by atoms with Gasteiger partial charge >= 0.3 is 0 Å². The van der Waals surface area contributed by atoms with Crippen molar-refractivity contribution in [1.82, 2.24) is 0 Å². The second kappa shape index (κ2) is 13.6. The number of unbranched alkanes of at least 4 members (excludes halogenated alkanes) is 1. The van der Waals surface area contributed by atoms with Gasteiger partial charge in [0.15, 0.2) is 49.6 Å². The van der Waals surface area contributed by atoms with Crippen molar-refractivity contribution in [3.05, 3.63) is 98.1 Å². The van der Waals surface area contributed by atoms with Gasteiger partial charge in [0.1, 0.15) is 26.2 Å². The number of rotatable bonds is 13. The van der Waals surface area contributed by atoms with E-state index in [0.29, 0.717) is 0 Å². The highest BCUT2D eigenvalue weighted by molar-refractivity contribution is 5.61. The predicted molar refractivity (Wildman–Crippen MR) is 141 cm³/mol. The molecule has 6 nitrogen and oxygen atoms in total. The van der Waals surface area contributed by atoms with E-state index < -0.39 is 0 Å². The van der Waals surface area contributed by atoms with E-state index in [1.54, 1.807) is 0 Å². The fourth-order valence-corrected chi connectivity index (χ4v) is 4.33. The monoisotopic (exact) mass is 484 g/mol. The van der Waals surface area contributed by atoms with Gasteiger partial charge in [0, 0.05) is 74.2 Å². The Labute approximate surface area is 215 Å². The molecule has 4 N–H and O–H groups in total. The number of pyridine rings is 4. The van der Waals surface area contributed by atoms with E-state index in [2.05, 4.69) is 116 Å². The highest BCUT2D eigenvalue weighted by atomic mass is 14.9. The number of aromatic nitrogens is 4. The van der Waals surface area contributed by atoms with Crippen molar-refractivity contribution in [2.45, 2.75) is 51.9 Å². The molecule has 4 aromatic rings. The molecule has 0 amide bonds. The molecule has 0 aromatic carbocycles.